The summed E-state index contributed by atoms with van der Waals surface area (Å²) in [5.74, 6) is 2.08. The highest BCUT2D eigenvalue weighted by molar-refractivity contribution is 6.35. The molecule has 0 spiro atoms. The van der Waals surface area contributed by atoms with E-state index in [1.165, 1.54) is 0 Å². The first-order valence-electron chi connectivity index (χ1n) is 9.23. The molecule has 0 fully saturated rings. The number of methoxy groups -OCH3 is 2. The molecule has 3 aromatic carbocycles. The molecule has 0 radical (unpaired) electrons. The van der Waals surface area contributed by atoms with Gasteiger partial charge >= 0.3 is 0 Å². The number of para-hydroxylation sites is 1. The van der Waals surface area contributed by atoms with Gasteiger partial charge in [-0.15, -0.1) is 0 Å². The average Bonchev–Trinajstić information content (AvgIpc) is 2.76. The number of rotatable bonds is 9. The van der Waals surface area contributed by atoms with Crippen LogP contribution in [0, 0.1) is 0 Å². The first kappa shape index (κ1) is 21.8. The highest BCUT2D eigenvalue weighted by atomic mass is 35.5. The molecule has 0 aliphatic carbocycles. The van der Waals surface area contributed by atoms with E-state index in [2.05, 4.69) is 10.5 Å². The lowest BCUT2D eigenvalue weighted by Gasteiger charge is -2.11. The van der Waals surface area contributed by atoms with E-state index in [9.17, 15) is 0 Å². The summed E-state index contributed by atoms with van der Waals surface area (Å²) in [4.78, 5) is 0. The molecule has 7 heteroatoms. The topological polar surface area (TPSA) is 52.1 Å². The minimum Gasteiger partial charge on any atom is -0.493 e. The van der Waals surface area contributed by atoms with Gasteiger partial charge in [-0.2, -0.15) is 5.10 Å². The molecule has 0 saturated carbocycles. The molecule has 0 aliphatic heterocycles. The maximum Gasteiger partial charge on any atom is 0.161 e. The lowest BCUT2D eigenvalue weighted by molar-refractivity contribution is 0.306. The molecule has 0 amide bonds. The van der Waals surface area contributed by atoms with Gasteiger partial charge in [0.25, 0.3) is 0 Å². The van der Waals surface area contributed by atoms with Gasteiger partial charge in [0.15, 0.2) is 11.5 Å². The third-order valence-electron chi connectivity index (χ3n) is 4.34. The van der Waals surface area contributed by atoms with E-state index >= 15 is 0 Å². The highest BCUT2D eigenvalue weighted by Gasteiger charge is 2.06. The summed E-state index contributed by atoms with van der Waals surface area (Å²) in [6.45, 7) is 0.875. The van der Waals surface area contributed by atoms with Crippen molar-refractivity contribution in [1.82, 2.24) is 5.43 Å². The van der Waals surface area contributed by atoms with Crippen molar-refractivity contribution in [2.45, 2.75) is 13.2 Å². The summed E-state index contributed by atoms with van der Waals surface area (Å²) in [6, 6.07) is 18.7. The largest absolute Gasteiger partial charge is 0.493 e. The van der Waals surface area contributed by atoms with Gasteiger partial charge in [-0.05, 0) is 42.0 Å². The van der Waals surface area contributed by atoms with Crippen LogP contribution in [-0.4, -0.2) is 20.4 Å². The summed E-state index contributed by atoms with van der Waals surface area (Å²) in [6.07, 6.45) is 1.72. The van der Waals surface area contributed by atoms with E-state index < -0.39 is 0 Å². The van der Waals surface area contributed by atoms with Crippen molar-refractivity contribution in [2.24, 2.45) is 5.10 Å². The summed E-state index contributed by atoms with van der Waals surface area (Å²) >= 11 is 12.2. The lowest BCUT2D eigenvalue weighted by atomic mass is 10.2. The number of ether oxygens (including phenoxy) is 3. The summed E-state index contributed by atoms with van der Waals surface area (Å²) < 4.78 is 16.5. The van der Waals surface area contributed by atoms with Crippen LogP contribution in [0.15, 0.2) is 65.8 Å². The van der Waals surface area contributed by atoms with Crippen LogP contribution in [0.4, 0.5) is 0 Å². The number of halogens is 2. The van der Waals surface area contributed by atoms with Crippen LogP contribution in [0.25, 0.3) is 0 Å². The number of benzene rings is 3. The second-order valence-electron chi connectivity index (χ2n) is 6.34. The number of nitrogens with one attached hydrogen (secondary N) is 1. The van der Waals surface area contributed by atoms with Gasteiger partial charge in [-0.3, -0.25) is 0 Å². The molecule has 1 N–H and O–H groups in total. The molecule has 0 atom stereocenters. The van der Waals surface area contributed by atoms with E-state index in [4.69, 9.17) is 37.4 Å². The zero-order chi connectivity index (χ0) is 21.3. The molecule has 3 rings (SSSR count). The first-order chi connectivity index (χ1) is 14.6. The van der Waals surface area contributed by atoms with E-state index in [0.29, 0.717) is 40.4 Å². The van der Waals surface area contributed by atoms with Gasteiger partial charge in [0, 0.05) is 21.2 Å². The Morgan fingerprint density at radius 2 is 1.70 bits per heavy atom. The zero-order valence-electron chi connectivity index (χ0n) is 16.7. The minimum atomic E-state index is 0.333. The van der Waals surface area contributed by atoms with Gasteiger partial charge in [-0.1, -0.05) is 47.5 Å². The van der Waals surface area contributed by atoms with Crippen molar-refractivity contribution < 1.29 is 14.2 Å². The quantitative estimate of drug-likeness (QED) is 0.339. The van der Waals surface area contributed by atoms with Crippen LogP contribution in [0.2, 0.25) is 10.0 Å². The molecule has 30 heavy (non-hydrogen) atoms. The Balaban J connectivity index is 1.61. The number of hydrazone groups is 1. The zero-order valence-corrected chi connectivity index (χ0v) is 18.2. The van der Waals surface area contributed by atoms with E-state index in [-0.39, 0.29) is 0 Å². The molecule has 0 unspecified atom stereocenters. The third kappa shape index (κ3) is 5.81. The van der Waals surface area contributed by atoms with Crippen LogP contribution in [0.5, 0.6) is 17.2 Å². The Hall–Kier alpha value is -2.89. The predicted molar refractivity (Wildman–Crippen MR) is 121 cm³/mol. The molecule has 156 valence electrons. The van der Waals surface area contributed by atoms with E-state index in [1.807, 2.05) is 48.5 Å². The molecule has 0 saturated heterocycles. The number of hydrogen-bond acceptors (Lipinski definition) is 5. The van der Waals surface area contributed by atoms with E-state index in [1.54, 1.807) is 32.6 Å². The van der Waals surface area contributed by atoms with Gasteiger partial charge in [0.1, 0.15) is 12.4 Å². The van der Waals surface area contributed by atoms with Crippen molar-refractivity contribution in [3.63, 3.8) is 0 Å². The molecular formula is C23H22Cl2N2O3. The SMILES string of the molecule is COc1ccc(CN/N=C\c2ccccc2OCc2ccc(Cl)cc2Cl)cc1OC. The Bertz CT molecular complexity index is 1030. The van der Waals surface area contributed by atoms with Crippen molar-refractivity contribution in [3.05, 3.63) is 87.4 Å². The number of nitrogens with zero attached hydrogens (tertiary/aromatic N) is 1. The highest BCUT2D eigenvalue weighted by Crippen LogP contribution is 2.27. The van der Waals surface area contributed by atoms with Crippen molar-refractivity contribution >= 4 is 29.4 Å². The molecule has 0 aromatic heterocycles. The maximum absolute atomic E-state index is 6.22. The smallest absolute Gasteiger partial charge is 0.161 e. The standard InChI is InChI=1S/C23H22Cl2N2O3/c1-28-22-10-7-16(11-23(22)29-2)13-26-27-14-17-5-3-4-6-21(17)30-15-18-8-9-19(24)12-20(18)25/h3-12,14,26H,13,15H2,1-2H3/b27-14-. The molecule has 0 heterocycles. The lowest BCUT2D eigenvalue weighted by Crippen LogP contribution is -2.06. The van der Waals surface area contributed by atoms with Gasteiger partial charge in [0.05, 0.1) is 27.0 Å². The maximum atomic E-state index is 6.22. The molecule has 3 aromatic rings. The molecule has 0 bridgehead atoms. The summed E-state index contributed by atoms with van der Waals surface area (Å²) in [7, 11) is 3.22. The third-order valence-corrected chi connectivity index (χ3v) is 4.93. The van der Waals surface area contributed by atoms with Gasteiger partial charge in [0.2, 0.25) is 0 Å². The summed E-state index contributed by atoms with van der Waals surface area (Å²) in [5, 5.41) is 5.48. The van der Waals surface area contributed by atoms with Crippen molar-refractivity contribution in [1.29, 1.82) is 0 Å². The molecule has 5 nitrogen and oxygen atoms in total. The normalized spacial score (nSPS) is 10.8. The average molecular weight is 445 g/mol. The second kappa shape index (κ2) is 10.8. The van der Waals surface area contributed by atoms with E-state index in [0.717, 1.165) is 16.7 Å². The fourth-order valence-electron chi connectivity index (χ4n) is 2.76. The van der Waals surface area contributed by atoms with Crippen molar-refractivity contribution in [2.75, 3.05) is 14.2 Å². The van der Waals surface area contributed by atoms with Crippen LogP contribution in [0.3, 0.4) is 0 Å². The van der Waals surface area contributed by atoms with Crippen LogP contribution in [-0.2, 0) is 13.2 Å². The predicted octanol–water partition coefficient (Wildman–Crippen LogP) is 5.71. The van der Waals surface area contributed by atoms with Gasteiger partial charge in [-0.25, -0.2) is 0 Å². The molecular weight excluding hydrogens is 423 g/mol. The summed E-state index contributed by atoms with van der Waals surface area (Å²) in [5.41, 5.74) is 5.77. The van der Waals surface area contributed by atoms with Crippen LogP contribution >= 0.6 is 23.2 Å². The van der Waals surface area contributed by atoms with Gasteiger partial charge < -0.3 is 19.6 Å². The Morgan fingerprint density at radius 1 is 0.900 bits per heavy atom. The molecule has 0 aliphatic rings. The van der Waals surface area contributed by atoms with Crippen LogP contribution < -0.4 is 19.6 Å². The monoisotopic (exact) mass is 444 g/mol. The Labute approximate surface area is 186 Å². The fourth-order valence-corrected chi connectivity index (χ4v) is 3.22. The van der Waals surface area contributed by atoms with Crippen LogP contribution in [0.1, 0.15) is 16.7 Å². The number of hydrogen-bond donors (Lipinski definition) is 1. The Morgan fingerprint density at radius 3 is 2.47 bits per heavy atom. The second-order valence-corrected chi connectivity index (χ2v) is 7.19. The fraction of sp³-hybridized carbons (Fsp3) is 0.174. The minimum absolute atomic E-state index is 0.333. The Kier molecular flexibility index (Phi) is 7.82. The first-order valence-corrected chi connectivity index (χ1v) is 9.99. The van der Waals surface area contributed by atoms with Crippen molar-refractivity contribution in [3.8, 4) is 17.2 Å².